The molecule has 0 radical (unpaired) electrons. The summed E-state index contributed by atoms with van der Waals surface area (Å²) in [5.74, 6) is -0.801. The molecule has 2 rings (SSSR count). The van der Waals surface area contributed by atoms with Crippen LogP contribution in [0.25, 0.3) is 0 Å². The van der Waals surface area contributed by atoms with Gasteiger partial charge in [0.15, 0.2) is 0 Å². The van der Waals surface area contributed by atoms with Gasteiger partial charge in [0.1, 0.15) is 5.54 Å². The second-order valence-electron chi connectivity index (χ2n) is 6.58. The number of hydrogen-bond donors (Lipinski definition) is 1. The largest absolute Gasteiger partial charge is 0.354 e. The van der Waals surface area contributed by atoms with Gasteiger partial charge in [-0.05, 0) is 32.9 Å². The third-order valence-electron chi connectivity index (χ3n) is 4.15. The zero-order valence-electron chi connectivity index (χ0n) is 13.0. The molecule has 0 atom stereocenters. The van der Waals surface area contributed by atoms with Crippen molar-refractivity contribution in [2.75, 3.05) is 12.3 Å². The van der Waals surface area contributed by atoms with Crippen molar-refractivity contribution in [3.05, 3.63) is 35.4 Å². The molecule has 0 unspecified atom stereocenters. The molecule has 22 heavy (non-hydrogen) atoms. The number of sulfonamides is 1. The van der Waals surface area contributed by atoms with Crippen molar-refractivity contribution in [3.8, 4) is 0 Å². The number of benzene rings is 1. The quantitative estimate of drug-likeness (QED) is 0.666. The number of quaternary nitrogens is 1. The fourth-order valence-electron chi connectivity index (χ4n) is 3.01. The molecular weight excluding hydrogens is 304 g/mol. The highest BCUT2D eigenvalue weighted by molar-refractivity contribution is 7.89. The minimum absolute atomic E-state index is 0.117. The number of amides is 2. The maximum atomic E-state index is 12.9. The van der Waals surface area contributed by atoms with Gasteiger partial charge in [0.2, 0.25) is 10.0 Å². The van der Waals surface area contributed by atoms with Gasteiger partial charge >= 0.3 is 11.8 Å². The van der Waals surface area contributed by atoms with Gasteiger partial charge in [-0.2, -0.15) is 4.48 Å². The normalized spacial score (nSPS) is 17.6. The Morgan fingerprint density at radius 3 is 1.86 bits per heavy atom. The highest BCUT2D eigenvalue weighted by atomic mass is 32.2. The first kappa shape index (κ1) is 16.8. The Balaban J connectivity index is 2.45. The summed E-state index contributed by atoms with van der Waals surface area (Å²) in [5, 5.41) is 5.02. The third-order valence-corrected chi connectivity index (χ3v) is 5.01. The summed E-state index contributed by atoms with van der Waals surface area (Å²) in [4.78, 5) is 25.8. The Kier molecular flexibility index (Phi) is 4.01. The lowest BCUT2D eigenvalue weighted by Crippen LogP contribution is -2.64. The molecule has 1 aromatic rings. The molecule has 1 aliphatic rings. The highest BCUT2D eigenvalue weighted by Crippen LogP contribution is 2.38. The second-order valence-corrected chi connectivity index (χ2v) is 8.31. The van der Waals surface area contributed by atoms with E-state index in [-0.39, 0.29) is 30.5 Å². The lowest BCUT2D eigenvalue weighted by atomic mass is 10.0. The van der Waals surface area contributed by atoms with Crippen LogP contribution in [0.1, 0.15) is 47.9 Å². The Labute approximate surface area is 130 Å². The van der Waals surface area contributed by atoms with Crippen LogP contribution >= 0.6 is 0 Å². The fraction of sp³-hybridized carbons (Fsp3) is 0.467. The number of carbonyl (C=O) groups excluding carboxylic acids is 2. The van der Waals surface area contributed by atoms with E-state index < -0.39 is 20.0 Å². The maximum absolute atomic E-state index is 12.9. The predicted molar refractivity (Wildman–Crippen MR) is 82.6 cm³/mol. The van der Waals surface area contributed by atoms with E-state index in [1.807, 2.05) is 20.8 Å². The molecule has 0 spiro atoms. The summed E-state index contributed by atoms with van der Waals surface area (Å²) in [6.45, 7) is 5.55. The molecule has 0 aliphatic carbocycles. The number of hydrogen-bond acceptors (Lipinski definition) is 4. The van der Waals surface area contributed by atoms with Crippen LogP contribution in [0.3, 0.4) is 0 Å². The summed E-state index contributed by atoms with van der Waals surface area (Å²) in [6, 6.07) is 6.72. The molecule has 2 amide bonds. The van der Waals surface area contributed by atoms with E-state index in [4.69, 9.17) is 5.14 Å². The molecule has 120 valence electrons. The smallest absolute Gasteiger partial charge is 0.229 e. The van der Waals surface area contributed by atoms with Crippen LogP contribution in [0.4, 0.5) is 0 Å². The van der Waals surface area contributed by atoms with Crippen molar-refractivity contribution < 1.29 is 22.5 Å². The van der Waals surface area contributed by atoms with Crippen LogP contribution in [0.15, 0.2) is 24.3 Å². The lowest BCUT2D eigenvalue weighted by molar-refractivity contribution is -0.815. The average Bonchev–Trinajstić information content (AvgIpc) is 2.60. The van der Waals surface area contributed by atoms with Crippen molar-refractivity contribution in [2.24, 2.45) is 5.14 Å². The molecule has 0 saturated heterocycles. The first-order valence-corrected chi connectivity index (χ1v) is 8.80. The summed E-state index contributed by atoms with van der Waals surface area (Å²) >= 11 is 0. The van der Waals surface area contributed by atoms with Crippen molar-refractivity contribution >= 4 is 21.8 Å². The maximum Gasteiger partial charge on any atom is 0.354 e. The van der Waals surface area contributed by atoms with Crippen molar-refractivity contribution in [3.63, 3.8) is 0 Å². The standard InChI is InChI=1S/C15H21N2O4S/c1-15(2,3)17(9-6-10-22(16,20)21)13(18)11-7-4-5-8-12(11)14(17)19/h4-5,7-8H,6,9-10H2,1-3H3,(H2,16,20,21)/q+1. The molecule has 2 N–H and O–H groups in total. The number of nitrogens with zero attached hydrogens (tertiary/aromatic N) is 1. The number of imide groups is 1. The van der Waals surface area contributed by atoms with E-state index in [2.05, 4.69) is 0 Å². The van der Waals surface area contributed by atoms with Gasteiger partial charge < -0.3 is 0 Å². The highest BCUT2D eigenvalue weighted by Gasteiger charge is 2.59. The number of nitrogens with two attached hydrogens (primary N) is 1. The Hall–Kier alpha value is -1.57. The van der Waals surface area contributed by atoms with Crippen molar-refractivity contribution in [1.29, 1.82) is 0 Å². The minimum Gasteiger partial charge on any atom is -0.229 e. The Morgan fingerprint density at radius 2 is 1.50 bits per heavy atom. The third kappa shape index (κ3) is 2.60. The van der Waals surface area contributed by atoms with Gasteiger partial charge in [-0.3, -0.25) is 0 Å². The fourth-order valence-corrected chi connectivity index (χ4v) is 3.54. The van der Waals surface area contributed by atoms with Gasteiger partial charge in [-0.25, -0.2) is 23.1 Å². The van der Waals surface area contributed by atoms with Gasteiger partial charge in [-0.15, -0.1) is 0 Å². The van der Waals surface area contributed by atoms with Crippen LogP contribution in [0.5, 0.6) is 0 Å². The lowest BCUT2D eigenvalue weighted by Gasteiger charge is -2.40. The van der Waals surface area contributed by atoms with Crippen LogP contribution < -0.4 is 5.14 Å². The SMILES string of the molecule is CC(C)(C)[N+]1(CCCS(N)(=O)=O)C(=O)c2ccccc2C1=O. The zero-order chi connectivity index (χ0) is 16.8. The van der Waals surface area contributed by atoms with E-state index in [1.165, 1.54) is 0 Å². The molecule has 0 bridgehead atoms. The average molecular weight is 325 g/mol. The number of primary sulfonamides is 1. The summed E-state index contributed by atoms with van der Waals surface area (Å²) in [6.07, 6.45) is 0.154. The second kappa shape index (κ2) is 5.26. The molecule has 7 heteroatoms. The minimum atomic E-state index is -3.62. The molecule has 0 aromatic heterocycles. The summed E-state index contributed by atoms with van der Waals surface area (Å²) in [7, 11) is -3.62. The molecule has 0 fully saturated rings. The molecule has 6 nitrogen and oxygen atoms in total. The van der Waals surface area contributed by atoms with Gasteiger partial charge in [-0.1, -0.05) is 12.1 Å². The van der Waals surface area contributed by atoms with E-state index in [1.54, 1.807) is 24.3 Å². The number of fused-ring (bicyclic) bond motifs is 1. The van der Waals surface area contributed by atoms with E-state index in [0.29, 0.717) is 11.1 Å². The molecule has 0 saturated carbocycles. The topological polar surface area (TPSA) is 94.3 Å². The molecular formula is C15H21N2O4S+. The van der Waals surface area contributed by atoms with E-state index in [0.717, 1.165) is 0 Å². The first-order valence-electron chi connectivity index (χ1n) is 7.08. The van der Waals surface area contributed by atoms with Crippen LogP contribution in [-0.2, 0) is 10.0 Å². The van der Waals surface area contributed by atoms with Crippen molar-refractivity contribution in [1.82, 2.24) is 0 Å². The van der Waals surface area contributed by atoms with Gasteiger partial charge in [0.25, 0.3) is 0 Å². The number of rotatable bonds is 4. The van der Waals surface area contributed by atoms with Crippen LogP contribution in [0, 0.1) is 0 Å². The summed E-state index contributed by atoms with van der Waals surface area (Å²) in [5.41, 5.74) is 0.127. The Morgan fingerprint density at radius 1 is 1.05 bits per heavy atom. The molecule has 1 aromatic carbocycles. The zero-order valence-corrected chi connectivity index (χ0v) is 13.8. The molecule has 1 heterocycles. The van der Waals surface area contributed by atoms with E-state index in [9.17, 15) is 18.0 Å². The van der Waals surface area contributed by atoms with Crippen LogP contribution in [0.2, 0.25) is 0 Å². The predicted octanol–water partition coefficient (Wildman–Crippen LogP) is 1.27. The summed E-state index contributed by atoms with van der Waals surface area (Å²) < 4.78 is 21.9. The van der Waals surface area contributed by atoms with Crippen molar-refractivity contribution in [2.45, 2.75) is 32.7 Å². The monoisotopic (exact) mass is 325 g/mol. The Bertz CT molecular complexity index is 697. The molecule has 1 aliphatic heterocycles. The van der Waals surface area contributed by atoms with Gasteiger partial charge in [0.05, 0.1) is 23.4 Å². The van der Waals surface area contributed by atoms with Crippen LogP contribution in [-0.4, -0.2) is 42.6 Å². The number of carbonyl (C=O) groups is 2. The first-order chi connectivity index (χ1) is 10.0. The van der Waals surface area contributed by atoms with E-state index >= 15 is 0 Å². The van der Waals surface area contributed by atoms with Gasteiger partial charge in [0, 0.05) is 6.42 Å².